The first-order valence-corrected chi connectivity index (χ1v) is 8.18. The fraction of sp³-hybridized carbons (Fsp3) is 0.471. The van der Waals surface area contributed by atoms with Crippen molar-refractivity contribution in [3.8, 4) is 0 Å². The number of nitrogens with two attached hydrogens (primary N) is 1. The van der Waals surface area contributed by atoms with Crippen LogP contribution in [-0.2, 0) is 11.3 Å². The number of halogens is 2. The molecule has 1 amide bonds. The van der Waals surface area contributed by atoms with Crippen molar-refractivity contribution >= 4 is 36.4 Å². The zero-order valence-electron chi connectivity index (χ0n) is 13.7. The standard InChI is InChI=1S/C17H21N5O.2ClH/c18-16-13-5-4-12(7-13)15(16)17(23)21-14-3-1-2-11(6-14)8-22-10-19-9-20-22;;/h1-3,6,9-10,12-13,15-16H,4-5,7-8,18H2,(H,21,23);2*1H. The third-order valence-corrected chi connectivity index (χ3v) is 5.29. The highest BCUT2D eigenvalue weighted by atomic mass is 35.5. The Morgan fingerprint density at radius 3 is 2.76 bits per heavy atom. The van der Waals surface area contributed by atoms with E-state index < -0.39 is 0 Å². The highest BCUT2D eigenvalue weighted by molar-refractivity contribution is 5.93. The smallest absolute Gasteiger partial charge is 0.229 e. The normalized spacial score (nSPS) is 26.6. The van der Waals surface area contributed by atoms with Gasteiger partial charge in [0, 0.05) is 11.7 Å². The molecule has 1 aromatic carbocycles. The fourth-order valence-corrected chi connectivity index (χ4v) is 4.20. The Morgan fingerprint density at radius 1 is 1.28 bits per heavy atom. The molecule has 1 heterocycles. The first-order chi connectivity index (χ1) is 11.2. The Labute approximate surface area is 159 Å². The zero-order valence-corrected chi connectivity index (χ0v) is 15.4. The molecule has 2 fully saturated rings. The van der Waals surface area contributed by atoms with Crippen molar-refractivity contribution in [3.05, 3.63) is 42.5 Å². The predicted molar refractivity (Wildman–Crippen MR) is 101 cm³/mol. The van der Waals surface area contributed by atoms with Crippen LogP contribution in [-0.4, -0.2) is 26.7 Å². The van der Waals surface area contributed by atoms with Crippen molar-refractivity contribution in [2.75, 3.05) is 5.32 Å². The largest absolute Gasteiger partial charge is 0.327 e. The van der Waals surface area contributed by atoms with Crippen LogP contribution < -0.4 is 11.1 Å². The number of carbonyl (C=O) groups excluding carboxylic acids is 1. The third-order valence-electron chi connectivity index (χ3n) is 5.29. The minimum absolute atomic E-state index is 0. The van der Waals surface area contributed by atoms with Gasteiger partial charge in [-0.3, -0.25) is 4.79 Å². The summed E-state index contributed by atoms with van der Waals surface area (Å²) < 4.78 is 1.76. The Bertz CT molecular complexity index is 707. The summed E-state index contributed by atoms with van der Waals surface area (Å²) in [6.07, 6.45) is 6.64. The van der Waals surface area contributed by atoms with Gasteiger partial charge in [0.25, 0.3) is 0 Å². The van der Waals surface area contributed by atoms with E-state index in [9.17, 15) is 4.79 Å². The van der Waals surface area contributed by atoms with Crippen molar-refractivity contribution in [3.63, 3.8) is 0 Å². The summed E-state index contributed by atoms with van der Waals surface area (Å²) >= 11 is 0. The SMILES string of the molecule is Cl.Cl.NC1C2CCC(C2)C1C(=O)Nc1cccc(Cn2cncn2)c1. The summed E-state index contributed by atoms with van der Waals surface area (Å²) in [5.74, 6) is 1.04. The molecule has 0 saturated heterocycles. The number of benzene rings is 1. The molecule has 0 radical (unpaired) electrons. The molecule has 4 rings (SSSR count). The lowest BCUT2D eigenvalue weighted by Crippen LogP contribution is -2.42. The Hall–Kier alpha value is -1.63. The molecule has 1 aromatic heterocycles. The molecule has 136 valence electrons. The van der Waals surface area contributed by atoms with Gasteiger partial charge in [0.15, 0.2) is 0 Å². The third kappa shape index (κ3) is 3.97. The summed E-state index contributed by atoms with van der Waals surface area (Å²) in [7, 11) is 0. The number of hydrogen-bond donors (Lipinski definition) is 2. The molecular weight excluding hydrogens is 361 g/mol. The van der Waals surface area contributed by atoms with E-state index in [0.29, 0.717) is 18.4 Å². The lowest BCUT2D eigenvalue weighted by molar-refractivity contribution is -0.121. The summed E-state index contributed by atoms with van der Waals surface area (Å²) in [5.41, 5.74) is 8.16. The Kier molecular flexibility index (Phi) is 6.43. The van der Waals surface area contributed by atoms with Crippen LogP contribution in [0.5, 0.6) is 0 Å². The molecule has 3 N–H and O–H groups in total. The van der Waals surface area contributed by atoms with Crippen molar-refractivity contribution < 1.29 is 4.79 Å². The molecule has 25 heavy (non-hydrogen) atoms. The molecule has 4 atom stereocenters. The van der Waals surface area contributed by atoms with Gasteiger partial charge in [-0.25, -0.2) is 9.67 Å². The monoisotopic (exact) mass is 383 g/mol. The second kappa shape index (κ2) is 8.17. The van der Waals surface area contributed by atoms with Gasteiger partial charge in [-0.15, -0.1) is 24.8 Å². The lowest BCUT2D eigenvalue weighted by atomic mass is 9.84. The summed E-state index contributed by atoms with van der Waals surface area (Å²) in [4.78, 5) is 16.6. The van der Waals surface area contributed by atoms with Crippen LogP contribution in [0.2, 0.25) is 0 Å². The van der Waals surface area contributed by atoms with Gasteiger partial charge in [-0.1, -0.05) is 12.1 Å². The van der Waals surface area contributed by atoms with Crippen molar-refractivity contribution in [2.24, 2.45) is 23.5 Å². The summed E-state index contributed by atoms with van der Waals surface area (Å²) in [5, 5.41) is 7.16. The van der Waals surface area contributed by atoms with Gasteiger partial charge in [-0.2, -0.15) is 5.10 Å². The molecule has 8 heteroatoms. The topological polar surface area (TPSA) is 85.8 Å². The maximum Gasteiger partial charge on any atom is 0.229 e. The molecule has 2 saturated carbocycles. The molecular formula is C17H23Cl2N5O. The molecule has 2 aliphatic carbocycles. The molecule has 2 aromatic rings. The second-order valence-corrected chi connectivity index (χ2v) is 6.72. The number of amides is 1. The fourth-order valence-electron chi connectivity index (χ4n) is 4.20. The van der Waals surface area contributed by atoms with E-state index in [4.69, 9.17) is 5.73 Å². The van der Waals surface area contributed by atoms with Crippen LogP contribution >= 0.6 is 24.8 Å². The maximum absolute atomic E-state index is 12.6. The first kappa shape index (κ1) is 19.7. The van der Waals surface area contributed by atoms with E-state index in [1.807, 2.05) is 24.3 Å². The van der Waals surface area contributed by atoms with Gasteiger partial charge < -0.3 is 11.1 Å². The molecule has 0 aliphatic heterocycles. The van der Waals surface area contributed by atoms with E-state index in [1.165, 1.54) is 12.7 Å². The second-order valence-electron chi connectivity index (χ2n) is 6.72. The Balaban J connectivity index is 0.00000113. The number of hydrogen-bond acceptors (Lipinski definition) is 4. The van der Waals surface area contributed by atoms with E-state index >= 15 is 0 Å². The predicted octanol–water partition coefficient (Wildman–Crippen LogP) is 2.48. The van der Waals surface area contributed by atoms with Crippen LogP contribution in [0.25, 0.3) is 0 Å². The van der Waals surface area contributed by atoms with Crippen LogP contribution in [0.3, 0.4) is 0 Å². The minimum atomic E-state index is -0.0345. The average Bonchev–Trinajstić information content (AvgIpc) is 3.24. The van der Waals surface area contributed by atoms with E-state index in [0.717, 1.165) is 24.1 Å². The molecule has 4 unspecified atom stereocenters. The van der Waals surface area contributed by atoms with Crippen LogP contribution in [0.4, 0.5) is 5.69 Å². The highest BCUT2D eigenvalue weighted by Crippen LogP contribution is 2.47. The van der Waals surface area contributed by atoms with E-state index in [2.05, 4.69) is 15.4 Å². The average molecular weight is 384 g/mol. The number of carbonyl (C=O) groups is 1. The quantitative estimate of drug-likeness (QED) is 0.848. The number of nitrogens with zero attached hydrogens (tertiary/aromatic N) is 3. The maximum atomic E-state index is 12.6. The highest BCUT2D eigenvalue weighted by Gasteiger charge is 2.49. The first-order valence-electron chi connectivity index (χ1n) is 8.18. The number of rotatable bonds is 4. The molecule has 0 spiro atoms. The van der Waals surface area contributed by atoms with Gasteiger partial charge in [0.05, 0.1) is 12.5 Å². The van der Waals surface area contributed by atoms with Crippen molar-refractivity contribution in [1.29, 1.82) is 0 Å². The molecule has 6 nitrogen and oxygen atoms in total. The lowest BCUT2D eigenvalue weighted by Gasteiger charge is -2.27. The molecule has 2 aliphatic rings. The minimum Gasteiger partial charge on any atom is -0.327 e. The van der Waals surface area contributed by atoms with Crippen LogP contribution in [0, 0.1) is 17.8 Å². The van der Waals surface area contributed by atoms with Crippen molar-refractivity contribution in [2.45, 2.75) is 31.8 Å². The summed E-state index contributed by atoms with van der Waals surface area (Å²) in [6, 6.07) is 7.88. The van der Waals surface area contributed by atoms with Gasteiger partial charge >= 0.3 is 0 Å². The van der Waals surface area contributed by atoms with Gasteiger partial charge in [-0.05, 0) is 48.8 Å². The number of aromatic nitrogens is 3. The van der Waals surface area contributed by atoms with Crippen LogP contribution in [0.1, 0.15) is 24.8 Å². The summed E-state index contributed by atoms with van der Waals surface area (Å²) in [6.45, 7) is 0.636. The number of nitrogens with one attached hydrogen (secondary N) is 1. The zero-order chi connectivity index (χ0) is 15.8. The van der Waals surface area contributed by atoms with E-state index in [-0.39, 0.29) is 42.7 Å². The number of fused-ring (bicyclic) bond motifs is 2. The van der Waals surface area contributed by atoms with Crippen molar-refractivity contribution in [1.82, 2.24) is 14.8 Å². The van der Waals surface area contributed by atoms with Crippen LogP contribution in [0.15, 0.2) is 36.9 Å². The Morgan fingerprint density at radius 2 is 2.08 bits per heavy atom. The number of anilines is 1. The molecule has 2 bridgehead atoms. The van der Waals surface area contributed by atoms with Gasteiger partial charge in [0.2, 0.25) is 5.91 Å². The van der Waals surface area contributed by atoms with Gasteiger partial charge in [0.1, 0.15) is 12.7 Å². The van der Waals surface area contributed by atoms with E-state index in [1.54, 1.807) is 11.0 Å².